The van der Waals surface area contributed by atoms with Crippen LogP contribution >= 0.6 is 0 Å². The Hall–Kier alpha value is -2.34. The van der Waals surface area contributed by atoms with Gasteiger partial charge in [-0.2, -0.15) is 0 Å². The molecule has 1 aliphatic rings. The SMILES string of the molecule is CC(C)(C)c1ccc(NS(=O)(=O)c2ccc3c(c2)CCC(=O)N3)cc1. The average Bonchev–Trinajstić information content (AvgIpc) is 2.53. The fraction of sp³-hybridized carbons (Fsp3) is 0.316. The van der Waals surface area contributed by atoms with Crippen molar-refractivity contribution in [2.45, 2.75) is 43.9 Å². The van der Waals surface area contributed by atoms with Crippen molar-refractivity contribution in [3.05, 3.63) is 53.6 Å². The first-order chi connectivity index (χ1) is 11.6. The molecule has 1 amide bonds. The van der Waals surface area contributed by atoms with E-state index < -0.39 is 10.0 Å². The molecule has 0 saturated heterocycles. The largest absolute Gasteiger partial charge is 0.326 e. The monoisotopic (exact) mass is 358 g/mol. The van der Waals surface area contributed by atoms with Crippen molar-refractivity contribution in [2.24, 2.45) is 0 Å². The maximum atomic E-state index is 12.6. The second-order valence-corrected chi connectivity index (χ2v) is 8.98. The van der Waals surface area contributed by atoms with Crippen LogP contribution in [-0.4, -0.2) is 14.3 Å². The van der Waals surface area contributed by atoms with Gasteiger partial charge in [0.25, 0.3) is 10.0 Å². The molecule has 0 saturated carbocycles. The molecular weight excluding hydrogens is 336 g/mol. The zero-order valence-corrected chi connectivity index (χ0v) is 15.4. The minimum atomic E-state index is -3.67. The molecule has 1 heterocycles. The summed E-state index contributed by atoms with van der Waals surface area (Å²) in [4.78, 5) is 11.6. The summed E-state index contributed by atoms with van der Waals surface area (Å²) >= 11 is 0. The van der Waals surface area contributed by atoms with Gasteiger partial charge in [-0.25, -0.2) is 8.42 Å². The second kappa shape index (κ2) is 6.19. The van der Waals surface area contributed by atoms with E-state index in [9.17, 15) is 13.2 Å². The number of carbonyl (C=O) groups is 1. The topological polar surface area (TPSA) is 75.3 Å². The van der Waals surface area contributed by atoms with Crippen LogP contribution in [0.4, 0.5) is 11.4 Å². The molecule has 3 rings (SSSR count). The number of sulfonamides is 1. The highest BCUT2D eigenvalue weighted by atomic mass is 32.2. The number of fused-ring (bicyclic) bond motifs is 1. The number of carbonyl (C=O) groups excluding carboxylic acids is 1. The van der Waals surface area contributed by atoms with Crippen molar-refractivity contribution in [2.75, 3.05) is 10.0 Å². The van der Waals surface area contributed by atoms with E-state index in [2.05, 4.69) is 30.8 Å². The van der Waals surface area contributed by atoms with Crippen molar-refractivity contribution in [1.82, 2.24) is 0 Å². The van der Waals surface area contributed by atoms with Crippen LogP contribution in [-0.2, 0) is 26.7 Å². The minimum Gasteiger partial charge on any atom is -0.326 e. The van der Waals surface area contributed by atoms with E-state index in [1.807, 2.05) is 12.1 Å². The van der Waals surface area contributed by atoms with E-state index in [1.165, 1.54) is 6.07 Å². The lowest BCUT2D eigenvalue weighted by molar-refractivity contribution is -0.116. The molecule has 0 bridgehead atoms. The number of aryl methyl sites for hydroxylation is 1. The second-order valence-electron chi connectivity index (χ2n) is 7.30. The minimum absolute atomic E-state index is 0.0142. The predicted molar refractivity (Wildman–Crippen MR) is 99.3 cm³/mol. The summed E-state index contributed by atoms with van der Waals surface area (Å²) in [6, 6.07) is 12.2. The predicted octanol–water partition coefficient (Wildman–Crippen LogP) is 3.67. The molecule has 0 aromatic heterocycles. The van der Waals surface area contributed by atoms with E-state index in [1.54, 1.807) is 24.3 Å². The normalized spacial score (nSPS) is 14.6. The number of anilines is 2. The maximum Gasteiger partial charge on any atom is 0.261 e. The Morgan fingerprint density at radius 1 is 1.00 bits per heavy atom. The van der Waals surface area contributed by atoms with Crippen LogP contribution < -0.4 is 10.0 Å². The van der Waals surface area contributed by atoms with E-state index in [-0.39, 0.29) is 16.2 Å². The Balaban J connectivity index is 1.84. The van der Waals surface area contributed by atoms with Gasteiger partial charge < -0.3 is 5.32 Å². The lowest BCUT2D eigenvalue weighted by atomic mass is 9.87. The molecule has 0 radical (unpaired) electrons. The quantitative estimate of drug-likeness (QED) is 0.879. The number of hydrogen-bond donors (Lipinski definition) is 2. The molecule has 0 spiro atoms. The maximum absolute atomic E-state index is 12.6. The third-order valence-electron chi connectivity index (χ3n) is 4.29. The molecule has 0 atom stereocenters. The van der Waals surface area contributed by atoms with Gasteiger partial charge in [-0.3, -0.25) is 9.52 Å². The number of hydrogen-bond acceptors (Lipinski definition) is 3. The number of nitrogens with one attached hydrogen (secondary N) is 2. The summed E-state index contributed by atoms with van der Waals surface area (Å²) in [7, 11) is -3.67. The highest BCUT2D eigenvalue weighted by Gasteiger charge is 2.20. The third kappa shape index (κ3) is 3.85. The van der Waals surface area contributed by atoms with Crippen LogP contribution in [0.25, 0.3) is 0 Å². The van der Waals surface area contributed by atoms with Gasteiger partial charge in [0.15, 0.2) is 0 Å². The van der Waals surface area contributed by atoms with Gasteiger partial charge in [0.2, 0.25) is 5.91 Å². The van der Waals surface area contributed by atoms with Gasteiger partial charge in [0.1, 0.15) is 0 Å². The lowest BCUT2D eigenvalue weighted by Crippen LogP contribution is -2.20. The van der Waals surface area contributed by atoms with Crippen molar-refractivity contribution in [3.8, 4) is 0 Å². The van der Waals surface area contributed by atoms with Gasteiger partial charge in [-0.15, -0.1) is 0 Å². The molecular formula is C19H22N2O3S. The van der Waals surface area contributed by atoms with E-state index in [4.69, 9.17) is 0 Å². The van der Waals surface area contributed by atoms with Crippen LogP contribution in [0.1, 0.15) is 38.3 Å². The van der Waals surface area contributed by atoms with Gasteiger partial charge in [-0.1, -0.05) is 32.9 Å². The molecule has 25 heavy (non-hydrogen) atoms. The molecule has 6 heteroatoms. The standard InChI is InChI=1S/C19H22N2O3S/c1-19(2,3)14-5-7-15(8-6-14)21-25(23,24)16-9-10-17-13(12-16)4-11-18(22)20-17/h5-10,12,21H,4,11H2,1-3H3,(H,20,22). The van der Waals surface area contributed by atoms with E-state index in [0.29, 0.717) is 24.2 Å². The molecule has 0 aliphatic carbocycles. The van der Waals surface area contributed by atoms with E-state index in [0.717, 1.165) is 11.1 Å². The Morgan fingerprint density at radius 3 is 2.32 bits per heavy atom. The first kappa shape index (κ1) is 17.5. The number of benzene rings is 2. The molecule has 0 unspecified atom stereocenters. The Kier molecular flexibility index (Phi) is 4.33. The van der Waals surface area contributed by atoms with Crippen molar-refractivity contribution >= 4 is 27.3 Å². The highest BCUT2D eigenvalue weighted by molar-refractivity contribution is 7.92. The number of rotatable bonds is 3. The molecule has 5 nitrogen and oxygen atoms in total. The number of amides is 1. The Morgan fingerprint density at radius 2 is 1.68 bits per heavy atom. The summed E-state index contributed by atoms with van der Waals surface area (Å²) < 4.78 is 27.9. The molecule has 0 fully saturated rings. The van der Waals surface area contributed by atoms with Crippen LogP contribution in [0.15, 0.2) is 47.4 Å². The fourth-order valence-electron chi connectivity index (χ4n) is 2.78. The van der Waals surface area contributed by atoms with Gasteiger partial charge in [0, 0.05) is 17.8 Å². The summed E-state index contributed by atoms with van der Waals surface area (Å²) in [6.45, 7) is 6.33. The smallest absolute Gasteiger partial charge is 0.261 e. The van der Waals surface area contributed by atoms with Gasteiger partial charge in [0.05, 0.1) is 4.90 Å². The van der Waals surface area contributed by atoms with Crippen LogP contribution in [0.5, 0.6) is 0 Å². The summed E-state index contributed by atoms with van der Waals surface area (Å²) in [5.74, 6) is -0.0415. The highest BCUT2D eigenvalue weighted by Crippen LogP contribution is 2.27. The van der Waals surface area contributed by atoms with Gasteiger partial charge >= 0.3 is 0 Å². The fourth-order valence-corrected chi connectivity index (χ4v) is 3.89. The first-order valence-corrected chi connectivity index (χ1v) is 9.70. The van der Waals surface area contributed by atoms with Crippen LogP contribution in [0.3, 0.4) is 0 Å². The third-order valence-corrected chi connectivity index (χ3v) is 5.66. The molecule has 2 aromatic carbocycles. The molecule has 2 N–H and O–H groups in total. The zero-order valence-electron chi connectivity index (χ0n) is 14.6. The van der Waals surface area contributed by atoms with Crippen LogP contribution in [0.2, 0.25) is 0 Å². The lowest BCUT2D eigenvalue weighted by Gasteiger charge is -2.20. The van der Waals surface area contributed by atoms with Crippen molar-refractivity contribution in [3.63, 3.8) is 0 Å². The van der Waals surface area contributed by atoms with Crippen LogP contribution in [0, 0.1) is 0 Å². The van der Waals surface area contributed by atoms with Crippen molar-refractivity contribution < 1.29 is 13.2 Å². The molecule has 132 valence electrons. The van der Waals surface area contributed by atoms with Crippen molar-refractivity contribution in [1.29, 1.82) is 0 Å². The van der Waals surface area contributed by atoms with E-state index >= 15 is 0 Å². The Labute approximate surface area is 148 Å². The average molecular weight is 358 g/mol. The first-order valence-electron chi connectivity index (χ1n) is 8.21. The molecule has 2 aromatic rings. The summed E-state index contributed by atoms with van der Waals surface area (Å²) in [6.07, 6.45) is 0.920. The summed E-state index contributed by atoms with van der Waals surface area (Å²) in [5, 5.41) is 2.75. The zero-order chi connectivity index (χ0) is 18.2. The Bertz CT molecular complexity index is 911. The molecule has 1 aliphatic heterocycles. The van der Waals surface area contributed by atoms with Gasteiger partial charge in [-0.05, 0) is 53.3 Å². The summed E-state index contributed by atoms with van der Waals surface area (Å²) in [5.41, 5.74) is 3.20.